The normalized spacial score (nSPS) is 12.2. The molecule has 0 fully saturated rings. The van der Waals surface area contributed by atoms with Crippen molar-refractivity contribution in [3.8, 4) is 5.69 Å². The molecule has 5 rings (SSSR count). The number of hydrogen-bond donors (Lipinski definition) is 3. The van der Waals surface area contributed by atoms with Crippen LogP contribution < -0.4 is 22.2 Å². The van der Waals surface area contributed by atoms with Gasteiger partial charge in [-0.1, -0.05) is 41.9 Å². The topological polar surface area (TPSA) is 132 Å². The Labute approximate surface area is 191 Å². The van der Waals surface area contributed by atoms with Gasteiger partial charge in [-0.15, -0.1) is 0 Å². The number of benzene rings is 2. The van der Waals surface area contributed by atoms with Gasteiger partial charge in [0.1, 0.15) is 11.2 Å². The summed E-state index contributed by atoms with van der Waals surface area (Å²) in [6.07, 6.45) is 1.25. The number of nitrogens with zero attached hydrogens (tertiary/aromatic N) is 4. The first kappa shape index (κ1) is 20.7. The van der Waals surface area contributed by atoms with Crippen LogP contribution >= 0.6 is 11.6 Å². The van der Waals surface area contributed by atoms with Crippen molar-refractivity contribution in [1.29, 1.82) is 0 Å². The summed E-state index contributed by atoms with van der Waals surface area (Å²) in [6.45, 7) is 1.86. The lowest BCUT2D eigenvalue weighted by atomic mass is 10.1. The summed E-state index contributed by atoms with van der Waals surface area (Å²) in [7, 11) is 0. The Balaban J connectivity index is 1.73. The largest absolute Gasteiger partial charge is 0.368 e. The molecule has 2 aromatic carbocycles. The Morgan fingerprint density at radius 1 is 1.06 bits per heavy atom. The van der Waals surface area contributed by atoms with Crippen LogP contribution in [0.15, 0.2) is 70.5 Å². The highest BCUT2D eigenvalue weighted by atomic mass is 35.5. The van der Waals surface area contributed by atoms with Crippen molar-refractivity contribution in [3.63, 3.8) is 0 Å². The molecule has 33 heavy (non-hydrogen) atoms. The van der Waals surface area contributed by atoms with Gasteiger partial charge in [-0.05, 0) is 36.6 Å². The summed E-state index contributed by atoms with van der Waals surface area (Å²) in [5.41, 5.74) is 6.70. The van der Waals surface area contributed by atoms with Gasteiger partial charge in [0.25, 0.3) is 11.1 Å². The van der Waals surface area contributed by atoms with Crippen molar-refractivity contribution < 1.29 is 0 Å². The summed E-state index contributed by atoms with van der Waals surface area (Å²) in [5.74, 6) is 0.211. The zero-order valence-electron chi connectivity index (χ0n) is 17.4. The van der Waals surface area contributed by atoms with Gasteiger partial charge in [0, 0.05) is 11.4 Å². The maximum absolute atomic E-state index is 13.6. The van der Waals surface area contributed by atoms with Gasteiger partial charge in [-0.25, -0.2) is 0 Å². The number of aromatic nitrogens is 5. The van der Waals surface area contributed by atoms with E-state index in [4.69, 9.17) is 17.3 Å². The number of pyridine rings is 1. The number of halogens is 1. The number of fused-ring (bicyclic) bond motifs is 2. The van der Waals surface area contributed by atoms with Gasteiger partial charge in [-0.3, -0.25) is 14.2 Å². The molecule has 10 heteroatoms. The van der Waals surface area contributed by atoms with Crippen LogP contribution in [-0.2, 0) is 0 Å². The molecule has 0 aliphatic heterocycles. The molecule has 3 aromatic heterocycles. The molecule has 9 nitrogen and oxygen atoms in total. The number of rotatable bonds is 4. The number of para-hydroxylation sites is 1. The summed E-state index contributed by atoms with van der Waals surface area (Å²) in [4.78, 5) is 40.9. The fraction of sp³-hybridized carbons (Fsp3) is 0.0870. The molecule has 0 radical (unpaired) electrons. The van der Waals surface area contributed by atoms with Crippen molar-refractivity contribution in [1.82, 2.24) is 24.5 Å². The van der Waals surface area contributed by atoms with Crippen LogP contribution in [0.5, 0.6) is 0 Å². The van der Waals surface area contributed by atoms with Gasteiger partial charge < -0.3 is 16.0 Å². The highest BCUT2D eigenvalue weighted by molar-refractivity contribution is 6.35. The maximum atomic E-state index is 13.6. The zero-order valence-corrected chi connectivity index (χ0v) is 18.2. The molecule has 5 aromatic rings. The lowest BCUT2D eigenvalue weighted by molar-refractivity contribution is 0.774. The molecule has 164 valence electrons. The maximum Gasteiger partial charge on any atom is 0.285 e. The molecular formula is C23H18ClN7O2. The highest BCUT2D eigenvalue weighted by Gasteiger charge is 2.20. The summed E-state index contributed by atoms with van der Waals surface area (Å²) in [5, 5.41) is 4.90. The van der Waals surface area contributed by atoms with Crippen LogP contribution in [0.4, 0.5) is 11.8 Å². The fourth-order valence-corrected chi connectivity index (χ4v) is 4.15. The molecule has 4 N–H and O–H groups in total. The number of nitrogens with one attached hydrogen (secondary N) is 2. The molecule has 0 amide bonds. The third-order valence-corrected chi connectivity index (χ3v) is 5.67. The molecule has 0 spiro atoms. The molecule has 0 saturated heterocycles. The lowest BCUT2D eigenvalue weighted by Crippen LogP contribution is -2.26. The van der Waals surface area contributed by atoms with E-state index in [1.807, 2.05) is 49.4 Å². The first-order valence-electron chi connectivity index (χ1n) is 10.1. The third-order valence-electron chi connectivity index (χ3n) is 5.36. The monoisotopic (exact) mass is 459 g/mol. The van der Waals surface area contributed by atoms with Crippen LogP contribution in [0, 0.1) is 0 Å². The van der Waals surface area contributed by atoms with E-state index in [2.05, 4.69) is 25.3 Å². The van der Waals surface area contributed by atoms with E-state index in [-0.39, 0.29) is 28.4 Å². The second-order valence-corrected chi connectivity index (χ2v) is 7.88. The predicted octanol–water partition coefficient (Wildman–Crippen LogP) is 3.43. The number of aromatic amines is 1. The van der Waals surface area contributed by atoms with Crippen molar-refractivity contribution in [2.24, 2.45) is 0 Å². The second kappa shape index (κ2) is 8.03. The lowest BCUT2D eigenvalue weighted by Gasteiger charge is -2.22. The molecule has 3 heterocycles. The van der Waals surface area contributed by atoms with Crippen LogP contribution in [0.1, 0.15) is 18.7 Å². The Morgan fingerprint density at radius 2 is 1.85 bits per heavy atom. The van der Waals surface area contributed by atoms with E-state index in [1.165, 1.54) is 6.33 Å². The molecular weight excluding hydrogens is 442 g/mol. The van der Waals surface area contributed by atoms with E-state index >= 15 is 0 Å². The third kappa shape index (κ3) is 3.58. The number of H-pyrrole nitrogens is 1. The summed E-state index contributed by atoms with van der Waals surface area (Å²) in [6, 6.07) is 16.0. The van der Waals surface area contributed by atoms with E-state index in [9.17, 15) is 9.59 Å². The number of anilines is 2. The number of hydrogen-bond acceptors (Lipinski definition) is 7. The quantitative estimate of drug-likeness (QED) is 0.375. The molecule has 1 unspecified atom stereocenters. The van der Waals surface area contributed by atoms with E-state index in [0.717, 1.165) is 0 Å². The molecule has 0 aliphatic carbocycles. The van der Waals surface area contributed by atoms with Gasteiger partial charge in [-0.2, -0.15) is 15.0 Å². The first-order chi connectivity index (χ1) is 15.9. The highest BCUT2D eigenvalue weighted by Crippen LogP contribution is 2.28. The average molecular weight is 460 g/mol. The van der Waals surface area contributed by atoms with Gasteiger partial charge in [0.15, 0.2) is 5.65 Å². The van der Waals surface area contributed by atoms with Crippen LogP contribution in [0.25, 0.3) is 27.5 Å². The summed E-state index contributed by atoms with van der Waals surface area (Å²) < 4.78 is 1.60. The Morgan fingerprint density at radius 3 is 2.64 bits per heavy atom. The Bertz CT molecular complexity index is 1630. The molecule has 0 aliphatic rings. The van der Waals surface area contributed by atoms with E-state index in [1.54, 1.807) is 16.7 Å². The SMILES string of the molecule is CC(Nc1nc(N)nc2[nH]cnc(=O)c12)c1cc2cccc(Cl)c2c(=O)n1-c1ccccc1. The van der Waals surface area contributed by atoms with Crippen molar-refractivity contribution >= 4 is 45.2 Å². The smallest absolute Gasteiger partial charge is 0.285 e. The van der Waals surface area contributed by atoms with Gasteiger partial charge >= 0.3 is 0 Å². The molecule has 1 atom stereocenters. The molecule has 0 bridgehead atoms. The van der Waals surface area contributed by atoms with Gasteiger partial charge in [0.2, 0.25) is 5.95 Å². The van der Waals surface area contributed by atoms with E-state index in [0.29, 0.717) is 27.2 Å². The minimum Gasteiger partial charge on any atom is -0.368 e. The van der Waals surface area contributed by atoms with Crippen LogP contribution in [0.3, 0.4) is 0 Å². The van der Waals surface area contributed by atoms with E-state index < -0.39 is 11.6 Å². The van der Waals surface area contributed by atoms with Gasteiger partial charge in [0.05, 0.1) is 22.8 Å². The zero-order chi connectivity index (χ0) is 23.1. The number of nitrogens with two attached hydrogens (primary N) is 1. The molecule has 0 saturated carbocycles. The van der Waals surface area contributed by atoms with Crippen molar-refractivity contribution in [2.45, 2.75) is 13.0 Å². The fourth-order valence-electron chi connectivity index (χ4n) is 3.89. The number of nitrogen functional groups attached to an aromatic ring is 1. The minimum absolute atomic E-state index is 0.00945. The Hall–Kier alpha value is -4.24. The van der Waals surface area contributed by atoms with Crippen LogP contribution in [-0.4, -0.2) is 24.5 Å². The predicted molar refractivity (Wildman–Crippen MR) is 129 cm³/mol. The standard InChI is InChI=1S/C23H18ClN7O2/c1-12(28-20-18-19(29-23(25)30-20)26-11-27-21(18)32)16-10-13-6-5-9-15(24)17(13)22(33)31(16)14-7-3-2-4-8-14/h2-12H,1H3,(H4,25,26,27,28,29,30,32). The van der Waals surface area contributed by atoms with Crippen molar-refractivity contribution in [2.75, 3.05) is 11.1 Å². The summed E-state index contributed by atoms with van der Waals surface area (Å²) >= 11 is 6.38. The second-order valence-electron chi connectivity index (χ2n) is 7.48. The Kier molecular flexibility index (Phi) is 5.02. The average Bonchev–Trinajstić information content (AvgIpc) is 2.79. The minimum atomic E-state index is -0.496. The first-order valence-corrected chi connectivity index (χ1v) is 10.5. The van der Waals surface area contributed by atoms with Crippen molar-refractivity contribution in [3.05, 3.63) is 92.3 Å². The van der Waals surface area contributed by atoms with Crippen LogP contribution in [0.2, 0.25) is 5.02 Å².